The van der Waals surface area contributed by atoms with Crippen LogP contribution in [0.2, 0.25) is 0 Å². The topological polar surface area (TPSA) is 58.1 Å². The molecule has 0 aromatic carbocycles. The zero-order chi connectivity index (χ0) is 13.7. The summed E-state index contributed by atoms with van der Waals surface area (Å²) in [7, 11) is 1.83. The Labute approximate surface area is 118 Å². The van der Waals surface area contributed by atoms with Gasteiger partial charge in [0, 0.05) is 20.0 Å². The van der Waals surface area contributed by atoms with Crippen LogP contribution in [-0.2, 0) is 11.3 Å². The Morgan fingerprint density at radius 1 is 1.42 bits per heavy atom. The number of hydrogen-bond donors (Lipinski definition) is 1. The lowest BCUT2D eigenvalue weighted by Crippen LogP contribution is -2.29. The van der Waals surface area contributed by atoms with Crippen molar-refractivity contribution < 1.29 is 4.79 Å². The summed E-state index contributed by atoms with van der Waals surface area (Å²) >= 11 is 1.52. The molecule has 19 heavy (non-hydrogen) atoms. The molecule has 0 bridgehead atoms. The Morgan fingerprint density at radius 3 is 2.95 bits per heavy atom. The highest BCUT2D eigenvalue weighted by molar-refractivity contribution is 7.15. The molecule has 1 aromatic heterocycles. The van der Waals surface area contributed by atoms with Crippen molar-refractivity contribution in [2.24, 2.45) is 5.92 Å². The molecule has 5 nitrogen and oxygen atoms in total. The van der Waals surface area contributed by atoms with E-state index < -0.39 is 0 Å². The molecule has 1 unspecified atom stereocenters. The average Bonchev–Trinajstić information content (AvgIpc) is 2.80. The smallest absolute Gasteiger partial charge is 0.222 e. The van der Waals surface area contributed by atoms with Gasteiger partial charge in [0.15, 0.2) is 0 Å². The number of rotatable bonds is 5. The van der Waals surface area contributed by atoms with Crippen molar-refractivity contribution in [2.45, 2.75) is 45.6 Å². The average molecular weight is 282 g/mol. The predicted octanol–water partition coefficient (Wildman–Crippen LogP) is 2.51. The molecule has 0 spiro atoms. The van der Waals surface area contributed by atoms with Crippen LogP contribution in [0.15, 0.2) is 0 Å². The van der Waals surface area contributed by atoms with Gasteiger partial charge in [-0.05, 0) is 18.8 Å². The lowest BCUT2D eigenvalue weighted by atomic mass is 9.96. The summed E-state index contributed by atoms with van der Waals surface area (Å²) < 4.78 is 0. The number of carbonyl (C=O) groups is 1. The van der Waals surface area contributed by atoms with Crippen molar-refractivity contribution in [3.63, 3.8) is 0 Å². The highest BCUT2D eigenvalue weighted by atomic mass is 32.1. The maximum absolute atomic E-state index is 12.1. The van der Waals surface area contributed by atoms with Crippen LogP contribution in [0.3, 0.4) is 0 Å². The first-order chi connectivity index (χ1) is 9.22. The third kappa shape index (κ3) is 3.89. The SMILES string of the molecule is CCCC1CCC(=O)N(Cc2nnc(NC)s2)CC1. The third-order valence-electron chi connectivity index (χ3n) is 3.63. The molecule has 1 aromatic rings. The fourth-order valence-corrected chi connectivity index (χ4v) is 3.25. The molecule has 106 valence electrons. The molecular weight excluding hydrogens is 260 g/mol. The number of nitrogens with one attached hydrogen (secondary N) is 1. The Morgan fingerprint density at radius 2 is 2.26 bits per heavy atom. The van der Waals surface area contributed by atoms with Crippen LogP contribution < -0.4 is 5.32 Å². The van der Waals surface area contributed by atoms with E-state index in [1.807, 2.05) is 11.9 Å². The summed E-state index contributed by atoms with van der Waals surface area (Å²) in [5.74, 6) is 0.973. The molecule has 1 atom stereocenters. The monoisotopic (exact) mass is 282 g/mol. The Hall–Kier alpha value is -1.17. The van der Waals surface area contributed by atoms with Gasteiger partial charge in [0.05, 0.1) is 6.54 Å². The normalized spacial score (nSPS) is 20.4. The Balaban J connectivity index is 1.93. The number of anilines is 1. The molecule has 2 heterocycles. The van der Waals surface area contributed by atoms with Crippen molar-refractivity contribution in [2.75, 3.05) is 18.9 Å². The van der Waals surface area contributed by atoms with E-state index in [1.54, 1.807) is 0 Å². The van der Waals surface area contributed by atoms with Crippen molar-refractivity contribution in [3.05, 3.63) is 5.01 Å². The molecule has 1 saturated heterocycles. The van der Waals surface area contributed by atoms with E-state index in [4.69, 9.17) is 0 Å². The van der Waals surface area contributed by atoms with Gasteiger partial charge in [0.1, 0.15) is 5.01 Å². The molecule has 1 fully saturated rings. The van der Waals surface area contributed by atoms with Gasteiger partial charge in [-0.2, -0.15) is 0 Å². The fourth-order valence-electron chi connectivity index (χ4n) is 2.54. The second kappa shape index (κ2) is 6.84. The maximum atomic E-state index is 12.1. The summed E-state index contributed by atoms with van der Waals surface area (Å²) in [6, 6.07) is 0. The number of hydrogen-bond acceptors (Lipinski definition) is 5. The Bertz CT molecular complexity index is 421. The zero-order valence-corrected chi connectivity index (χ0v) is 12.5. The van der Waals surface area contributed by atoms with E-state index in [-0.39, 0.29) is 5.91 Å². The molecule has 1 amide bonds. The van der Waals surface area contributed by atoms with Crippen LogP contribution in [0.5, 0.6) is 0 Å². The number of aromatic nitrogens is 2. The predicted molar refractivity (Wildman–Crippen MR) is 77.1 cm³/mol. The van der Waals surface area contributed by atoms with Gasteiger partial charge in [0.25, 0.3) is 0 Å². The molecule has 0 radical (unpaired) electrons. The van der Waals surface area contributed by atoms with Gasteiger partial charge in [-0.25, -0.2) is 0 Å². The second-order valence-corrected chi connectivity index (χ2v) is 6.11. The highest BCUT2D eigenvalue weighted by Crippen LogP contribution is 2.24. The fraction of sp³-hybridized carbons (Fsp3) is 0.769. The molecule has 1 aliphatic heterocycles. The minimum atomic E-state index is 0.264. The molecule has 0 saturated carbocycles. The van der Waals surface area contributed by atoms with Crippen LogP contribution in [0.4, 0.5) is 5.13 Å². The van der Waals surface area contributed by atoms with E-state index >= 15 is 0 Å². The van der Waals surface area contributed by atoms with Gasteiger partial charge < -0.3 is 10.2 Å². The molecule has 6 heteroatoms. The maximum Gasteiger partial charge on any atom is 0.222 e. The largest absolute Gasteiger partial charge is 0.363 e. The number of nitrogens with zero attached hydrogens (tertiary/aromatic N) is 3. The first-order valence-electron chi connectivity index (χ1n) is 7.00. The lowest BCUT2D eigenvalue weighted by Gasteiger charge is -2.19. The van der Waals surface area contributed by atoms with Crippen molar-refractivity contribution in [1.29, 1.82) is 0 Å². The van der Waals surface area contributed by atoms with Crippen LogP contribution in [0, 0.1) is 5.92 Å². The molecule has 1 aliphatic rings. The van der Waals surface area contributed by atoms with Crippen molar-refractivity contribution in [1.82, 2.24) is 15.1 Å². The molecular formula is C13H22N4OS. The minimum Gasteiger partial charge on any atom is -0.363 e. The van der Waals surface area contributed by atoms with E-state index in [0.717, 1.165) is 29.5 Å². The van der Waals surface area contributed by atoms with Gasteiger partial charge >= 0.3 is 0 Å². The third-order valence-corrected chi connectivity index (χ3v) is 4.56. The highest BCUT2D eigenvalue weighted by Gasteiger charge is 2.23. The first kappa shape index (κ1) is 14.2. The number of amides is 1. The van der Waals surface area contributed by atoms with Crippen LogP contribution in [0.1, 0.15) is 44.0 Å². The van der Waals surface area contributed by atoms with E-state index in [0.29, 0.717) is 18.9 Å². The summed E-state index contributed by atoms with van der Waals surface area (Å²) in [5, 5.41) is 12.8. The number of carbonyl (C=O) groups excluding carboxylic acids is 1. The number of likely N-dealkylation sites (tertiary alicyclic amines) is 1. The van der Waals surface area contributed by atoms with Gasteiger partial charge in [-0.1, -0.05) is 31.1 Å². The van der Waals surface area contributed by atoms with E-state index in [2.05, 4.69) is 22.4 Å². The first-order valence-corrected chi connectivity index (χ1v) is 7.82. The van der Waals surface area contributed by atoms with Gasteiger partial charge in [0.2, 0.25) is 11.0 Å². The zero-order valence-electron chi connectivity index (χ0n) is 11.7. The molecule has 2 rings (SSSR count). The van der Waals surface area contributed by atoms with Crippen molar-refractivity contribution in [3.8, 4) is 0 Å². The van der Waals surface area contributed by atoms with Gasteiger partial charge in [-0.15, -0.1) is 10.2 Å². The second-order valence-electron chi connectivity index (χ2n) is 5.05. The summed E-state index contributed by atoms with van der Waals surface area (Å²) in [5.41, 5.74) is 0. The summed E-state index contributed by atoms with van der Waals surface area (Å²) in [4.78, 5) is 14.1. The van der Waals surface area contributed by atoms with Crippen LogP contribution >= 0.6 is 11.3 Å². The minimum absolute atomic E-state index is 0.264. The standard InChI is InChI=1S/C13H22N4OS/c1-3-4-10-5-6-12(18)17(8-7-10)9-11-15-16-13(14-2)19-11/h10H,3-9H2,1-2H3,(H,14,16). The lowest BCUT2D eigenvalue weighted by molar-refractivity contribution is -0.131. The summed E-state index contributed by atoms with van der Waals surface area (Å²) in [6.45, 7) is 3.68. The quantitative estimate of drug-likeness (QED) is 0.901. The summed E-state index contributed by atoms with van der Waals surface area (Å²) in [6.07, 6.45) is 5.30. The van der Waals surface area contributed by atoms with Crippen LogP contribution in [-0.4, -0.2) is 34.6 Å². The molecule has 1 N–H and O–H groups in total. The Kier molecular flexibility index (Phi) is 5.13. The van der Waals surface area contributed by atoms with E-state index in [9.17, 15) is 4.79 Å². The van der Waals surface area contributed by atoms with Crippen LogP contribution in [0.25, 0.3) is 0 Å². The van der Waals surface area contributed by atoms with E-state index in [1.165, 1.54) is 24.2 Å². The van der Waals surface area contributed by atoms with Crippen molar-refractivity contribution >= 4 is 22.4 Å². The molecule has 0 aliphatic carbocycles. The van der Waals surface area contributed by atoms with Gasteiger partial charge in [-0.3, -0.25) is 4.79 Å².